The number of nitrogen functional groups attached to an aromatic ring is 1. The Morgan fingerprint density at radius 3 is 2.95 bits per heavy atom. The molecular formula is C15H15N3O. The van der Waals surface area contributed by atoms with Gasteiger partial charge in [0.05, 0.1) is 18.5 Å². The summed E-state index contributed by atoms with van der Waals surface area (Å²) in [5.74, 6) is 0.833. The standard InChI is InChI=1S/C15H15N3O/c1-2-19-13-6-7-18-14(10-17-15(18)9-13)11-4-3-5-12(16)8-11/h3-10H,2,16H2,1H3. The Bertz CT molecular complexity index is 718. The molecule has 1 aromatic carbocycles. The number of benzene rings is 1. The van der Waals surface area contributed by atoms with Crippen LogP contribution in [0, 0.1) is 0 Å². The minimum Gasteiger partial charge on any atom is -0.494 e. The Kier molecular flexibility index (Phi) is 2.83. The van der Waals surface area contributed by atoms with Crippen LogP contribution in [0.25, 0.3) is 16.9 Å². The average molecular weight is 253 g/mol. The van der Waals surface area contributed by atoms with Gasteiger partial charge in [-0.15, -0.1) is 0 Å². The molecule has 0 aliphatic rings. The predicted octanol–water partition coefficient (Wildman–Crippen LogP) is 2.98. The fourth-order valence-corrected chi connectivity index (χ4v) is 2.13. The fraction of sp³-hybridized carbons (Fsp3) is 0.133. The van der Waals surface area contributed by atoms with E-state index in [1.54, 1.807) is 0 Å². The van der Waals surface area contributed by atoms with Gasteiger partial charge in [0.25, 0.3) is 0 Å². The van der Waals surface area contributed by atoms with Crippen molar-refractivity contribution in [2.45, 2.75) is 6.92 Å². The Labute approximate surface area is 111 Å². The smallest absolute Gasteiger partial charge is 0.140 e. The first-order chi connectivity index (χ1) is 9.28. The number of hydrogen-bond acceptors (Lipinski definition) is 3. The molecule has 0 radical (unpaired) electrons. The van der Waals surface area contributed by atoms with Crippen molar-refractivity contribution in [1.29, 1.82) is 0 Å². The van der Waals surface area contributed by atoms with Gasteiger partial charge in [0.15, 0.2) is 0 Å². The van der Waals surface area contributed by atoms with Gasteiger partial charge in [-0.25, -0.2) is 4.98 Å². The second-order valence-corrected chi connectivity index (χ2v) is 4.29. The van der Waals surface area contributed by atoms with Crippen molar-refractivity contribution in [2.75, 3.05) is 12.3 Å². The summed E-state index contributed by atoms with van der Waals surface area (Å²) in [6.07, 6.45) is 3.81. The second kappa shape index (κ2) is 4.65. The van der Waals surface area contributed by atoms with Gasteiger partial charge >= 0.3 is 0 Å². The van der Waals surface area contributed by atoms with E-state index in [4.69, 9.17) is 10.5 Å². The molecule has 0 spiro atoms. The van der Waals surface area contributed by atoms with Gasteiger partial charge in [-0.1, -0.05) is 12.1 Å². The van der Waals surface area contributed by atoms with Gasteiger partial charge in [-0.05, 0) is 25.1 Å². The summed E-state index contributed by atoms with van der Waals surface area (Å²) in [5, 5.41) is 0. The van der Waals surface area contributed by atoms with Gasteiger partial charge in [0, 0.05) is 23.5 Å². The number of rotatable bonds is 3. The lowest BCUT2D eigenvalue weighted by molar-refractivity contribution is 0.340. The fourth-order valence-electron chi connectivity index (χ4n) is 2.13. The monoisotopic (exact) mass is 253 g/mol. The zero-order valence-corrected chi connectivity index (χ0v) is 10.7. The maximum atomic E-state index is 5.82. The van der Waals surface area contributed by atoms with Crippen LogP contribution in [0.5, 0.6) is 5.75 Å². The van der Waals surface area contributed by atoms with Crippen molar-refractivity contribution < 1.29 is 4.74 Å². The molecule has 4 nitrogen and oxygen atoms in total. The molecule has 3 rings (SSSR count). The number of anilines is 1. The Morgan fingerprint density at radius 2 is 2.16 bits per heavy atom. The highest BCUT2D eigenvalue weighted by Gasteiger charge is 2.06. The van der Waals surface area contributed by atoms with E-state index in [9.17, 15) is 0 Å². The number of ether oxygens (including phenoxy) is 1. The average Bonchev–Trinajstić information content (AvgIpc) is 2.82. The molecule has 0 saturated heterocycles. The highest BCUT2D eigenvalue weighted by atomic mass is 16.5. The molecule has 3 aromatic rings. The molecule has 0 atom stereocenters. The van der Waals surface area contributed by atoms with Crippen LogP contribution in [0.2, 0.25) is 0 Å². The molecule has 4 heteroatoms. The maximum absolute atomic E-state index is 5.82. The highest BCUT2D eigenvalue weighted by molar-refractivity contribution is 5.67. The first-order valence-corrected chi connectivity index (χ1v) is 6.24. The summed E-state index contributed by atoms with van der Waals surface area (Å²) in [7, 11) is 0. The van der Waals surface area contributed by atoms with Gasteiger partial charge in [0.2, 0.25) is 0 Å². The number of fused-ring (bicyclic) bond motifs is 1. The van der Waals surface area contributed by atoms with E-state index in [0.717, 1.165) is 28.3 Å². The molecule has 0 aliphatic carbocycles. The molecule has 2 heterocycles. The molecule has 0 unspecified atom stereocenters. The van der Waals surface area contributed by atoms with E-state index in [-0.39, 0.29) is 0 Å². The number of hydrogen-bond donors (Lipinski definition) is 1. The Morgan fingerprint density at radius 1 is 1.26 bits per heavy atom. The maximum Gasteiger partial charge on any atom is 0.140 e. The minimum atomic E-state index is 0.652. The van der Waals surface area contributed by atoms with Crippen LogP contribution >= 0.6 is 0 Å². The molecule has 0 bridgehead atoms. The van der Waals surface area contributed by atoms with Crippen LogP contribution in [-0.4, -0.2) is 16.0 Å². The normalized spacial score (nSPS) is 10.8. The van der Waals surface area contributed by atoms with Gasteiger partial charge in [-0.2, -0.15) is 0 Å². The number of nitrogens with zero attached hydrogens (tertiary/aromatic N) is 2. The minimum absolute atomic E-state index is 0.652. The van der Waals surface area contributed by atoms with Crippen molar-refractivity contribution in [3.05, 3.63) is 48.8 Å². The molecule has 0 aliphatic heterocycles. The second-order valence-electron chi connectivity index (χ2n) is 4.29. The van der Waals surface area contributed by atoms with Crippen molar-refractivity contribution in [1.82, 2.24) is 9.38 Å². The third-order valence-electron chi connectivity index (χ3n) is 2.98. The summed E-state index contributed by atoms with van der Waals surface area (Å²) in [6, 6.07) is 11.7. The summed E-state index contributed by atoms with van der Waals surface area (Å²) in [5.41, 5.74) is 9.51. The van der Waals surface area contributed by atoms with Gasteiger partial charge in [-0.3, -0.25) is 4.40 Å². The van der Waals surface area contributed by atoms with Gasteiger partial charge in [0.1, 0.15) is 11.4 Å². The third kappa shape index (κ3) is 2.12. The summed E-state index contributed by atoms with van der Waals surface area (Å²) in [6.45, 7) is 2.62. The summed E-state index contributed by atoms with van der Waals surface area (Å²) >= 11 is 0. The van der Waals surface area contributed by atoms with Crippen LogP contribution in [0.1, 0.15) is 6.92 Å². The molecule has 0 fully saturated rings. The number of aromatic nitrogens is 2. The van der Waals surface area contributed by atoms with Crippen molar-refractivity contribution in [2.24, 2.45) is 0 Å². The largest absolute Gasteiger partial charge is 0.494 e. The van der Waals surface area contributed by atoms with Crippen LogP contribution < -0.4 is 10.5 Å². The highest BCUT2D eigenvalue weighted by Crippen LogP contribution is 2.24. The lowest BCUT2D eigenvalue weighted by Gasteiger charge is -2.05. The van der Waals surface area contributed by atoms with E-state index >= 15 is 0 Å². The van der Waals surface area contributed by atoms with Crippen LogP contribution in [0.4, 0.5) is 5.69 Å². The summed E-state index contributed by atoms with van der Waals surface area (Å²) < 4.78 is 7.50. The molecule has 0 saturated carbocycles. The zero-order chi connectivity index (χ0) is 13.2. The van der Waals surface area contributed by atoms with Gasteiger partial charge < -0.3 is 10.5 Å². The van der Waals surface area contributed by atoms with Crippen LogP contribution in [0.15, 0.2) is 48.8 Å². The summed E-state index contributed by atoms with van der Waals surface area (Å²) in [4.78, 5) is 4.41. The van der Waals surface area contributed by atoms with E-state index in [2.05, 4.69) is 4.98 Å². The molecule has 2 N–H and O–H groups in total. The molecule has 19 heavy (non-hydrogen) atoms. The number of nitrogens with two attached hydrogens (primary N) is 1. The van der Waals surface area contributed by atoms with Crippen LogP contribution in [-0.2, 0) is 0 Å². The number of imidazole rings is 1. The molecule has 0 amide bonds. The first kappa shape index (κ1) is 11.6. The van der Waals surface area contributed by atoms with E-state index in [1.165, 1.54) is 0 Å². The SMILES string of the molecule is CCOc1ccn2c(-c3cccc(N)c3)cnc2c1. The van der Waals surface area contributed by atoms with E-state index in [0.29, 0.717) is 6.61 Å². The van der Waals surface area contributed by atoms with Crippen LogP contribution in [0.3, 0.4) is 0 Å². The Balaban J connectivity index is 2.10. The Hall–Kier alpha value is -2.49. The molecule has 96 valence electrons. The first-order valence-electron chi connectivity index (χ1n) is 6.24. The lowest BCUT2D eigenvalue weighted by atomic mass is 10.1. The number of pyridine rings is 1. The predicted molar refractivity (Wildman–Crippen MR) is 76.2 cm³/mol. The van der Waals surface area contributed by atoms with Crippen molar-refractivity contribution in [3.63, 3.8) is 0 Å². The van der Waals surface area contributed by atoms with Crippen molar-refractivity contribution >= 4 is 11.3 Å². The third-order valence-corrected chi connectivity index (χ3v) is 2.98. The van der Waals surface area contributed by atoms with Crippen molar-refractivity contribution in [3.8, 4) is 17.0 Å². The van der Waals surface area contributed by atoms with E-state index in [1.807, 2.05) is 60.1 Å². The topological polar surface area (TPSA) is 52.5 Å². The van der Waals surface area contributed by atoms with E-state index < -0.39 is 0 Å². The zero-order valence-electron chi connectivity index (χ0n) is 10.7. The molecule has 2 aromatic heterocycles. The lowest BCUT2D eigenvalue weighted by Crippen LogP contribution is -1.94. The molecular weight excluding hydrogens is 238 g/mol. The quantitative estimate of drug-likeness (QED) is 0.730.